The van der Waals surface area contributed by atoms with Gasteiger partial charge in [-0.15, -0.1) is 0 Å². The van der Waals surface area contributed by atoms with Crippen molar-refractivity contribution in [2.75, 3.05) is 0 Å². The second-order valence-corrected chi connectivity index (χ2v) is 6.74. The van der Waals surface area contributed by atoms with Crippen LogP contribution >= 0.6 is 11.8 Å². The Balaban J connectivity index is 4.15. The average Bonchev–Trinajstić information content (AvgIpc) is 1.82. The summed E-state index contributed by atoms with van der Waals surface area (Å²) in [6.45, 7) is 11.8. The predicted octanol–water partition coefficient (Wildman–Crippen LogP) is 2.45. The molecular weight excluding hydrogens is 184 g/mol. The fraction of sp³-hybridized carbons (Fsp3) is 1.00. The van der Waals surface area contributed by atoms with Crippen LogP contribution < -0.4 is 0 Å². The minimum atomic E-state index is -0.526. The molecule has 0 saturated carbocycles. The normalized spacial score (nSPS) is 18.5. The molecule has 13 heavy (non-hydrogen) atoms. The Morgan fingerprint density at radius 2 is 1.00 bits per heavy atom. The maximum absolute atomic E-state index is 9.72. The van der Waals surface area contributed by atoms with Gasteiger partial charge < -0.3 is 10.2 Å². The van der Waals surface area contributed by atoms with Crippen molar-refractivity contribution in [1.82, 2.24) is 0 Å². The molecule has 0 fully saturated rings. The van der Waals surface area contributed by atoms with Crippen LogP contribution in [0.3, 0.4) is 0 Å². The van der Waals surface area contributed by atoms with Crippen molar-refractivity contribution in [1.29, 1.82) is 0 Å². The lowest BCUT2D eigenvalue weighted by Gasteiger charge is -2.32. The molecular formula is C10H22O2S. The summed E-state index contributed by atoms with van der Waals surface area (Å²) in [5.41, 5.74) is -1.42. The molecule has 3 heteroatoms. The summed E-state index contributed by atoms with van der Waals surface area (Å²) in [6, 6.07) is 0. The van der Waals surface area contributed by atoms with Crippen LogP contribution in [0, 0.1) is 10.8 Å². The lowest BCUT2D eigenvalue weighted by Crippen LogP contribution is -2.30. The van der Waals surface area contributed by atoms with Crippen molar-refractivity contribution in [3.63, 3.8) is 0 Å². The second-order valence-electron chi connectivity index (χ2n) is 5.57. The molecule has 0 radical (unpaired) electrons. The highest BCUT2D eigenvalue weighted by atomic mass is 32.2. The maximum Gasteiger partial charge on any atom is 0.107 e. The van der Waals surface area contributed by atoms with Gasteiger partial charge in [0.15, 0.2) is 0 Å². The molecule has 0 bridgehead atoms. The molecule has 2 atom stereocenters. The van der Waals surface area contributed by atoms with E-state index in [1.165, 1.54) is 11.8 Å². The van der Waals surface area contributed by atoms with Crippen LogP contribution in [0.1, 0.15) is 41.5 Å². The summed E-state index contributed by atoms with van der Waals surface area (Å²) in [6.07, 6.45) is 0. The zero-order valence-corrected chi connectivity index (χ0v) is 10.3. The Morgan fingerprint density at radius 1 is 0.769 bits per heavy atom. The van der Waals surface area contributed by atoms with Gasteiger partial charge in [0.1, 0.15) is 10.9 Å². The molecule has 0 aromatic rings. The zero-order chi connectivity index (χ0) is 10.9. The highest BCUT2D eigenvalue weighted by Gasteiger charge is 2.30. The van der Waals surface area contributed by atoms with E-state index in [-0.39, 0.29) is 10.8 Å². The summed E-state index contributed by atoms with van der Waals surface area (Å²) < 4.78 is 0. The van der Waals surface area contributed by atoms with Crippen LogP contribution in [0.2, 0.25) is 0 Å². The third-order valence-corrected chi connectivity index (χ3v) is 3.67. The zero-order valence-electron chi connectivity index (χ0n) is 9.46. The summed E-state index contributed by atoms with van der Waals surface area (Å²) in [5.74, 6) is 0. The van der Waals surface area contributed by atoms with Crippen LogP contribution in [-0.4, -0.2) is 21.1 Å². The van der Waals surface area contributed by atoms with Crippen LogP contribution in [-0.2, 0) is 0 Å². The number of aliphatic hydroxyl groups excluding tert-OH is 2. The van der Waals surface area contributed by atoms with E-state index >= 15 is 0 Å². The number of hydrogen-bond acceptors (Lipinski definition) is 3. The van der Waals surface area contributed by atoms with Crippen LogP contribution in [0.5, 0.6) is 0 Å². The van der Waals surface area contributed by atoms with Crippen molar-refractivity contribution >= 4 is 11.8 Å². The largest absolute Gasteiger partial charge is 0.382 e. The van der Waals surface area contributed by atoms with Crippen molar-refractivity contribution in [3.8, 4) is 0 Å². The monoisotopic (exact) mass is 206 g/mol. The van der Waals surface area contributed by atoms with Gasteiger partial charge in [0.25, 0.3) is 0 Å². The fourth-order valence-corrected chi connectivity index (χ4v) is 1.59. The predicted molar refractivity (Wildman–Crippen MR) is 58.5 cm³/mol. The molecule has 2 N–H and O–H groups in total. The molecule has 2 unspecified atom stereocenters. The number of rotatable bonds is 2. The van der Waals surface area contributed by atoms with Gasteiger partial charge in [0, 0.05) is 0 Å². The Kier molecular flexibility index (Phi) is 4.28. The Labute approximate surface area is 85.7 Å². The molecule has 0 spiro atoms. The van der Waals surface area contributed by atoms with E-state index in [9.17, 15) is 10.2 Å². The number of thioether (sulfide) groups is 1. The lowest BCUT2D eigenvalue weighted by molar-refractivity contribution is 0.115. The first kappa shape index (κ1) is 13.3. The third-order valence-electron chi connectivity index (χ3n) is 1.74. The van der Waals surface area contributed by atoms with Crippen molar-refractivity contribution in [3.05, 3.63) is 0 Å². The van der Waals surface area contributed by atoms with Gasteiger partial charge in [-0.3, -0.25) is 0 Å². The molecule has 0 heterocycles. The van der Waals surface area contributed by atoms with Gasteiger partial charge in [0.05, 0.1) is 0 Å². The standard InChI is InChI=1S/C10H22O2S/c1-9(2,3)7(11)13-8(12)10(4,5)6/h7-8,11-12H,1-6H3. The van der Waals surface area contributed by atoms with Crippen molar-refractivity contribution in [2.24, 2.45) is 10.8 Å². The van der Waals surface area contributed by atoms with Gasteiger partial charge in [0.2, 0.25) is 0 Å². The molecule has 0 saturated heterocycles. The van der Waals surface area contributed by atoms with Gasteiger partial charge >= 0.3 is 0 Å². The van der Waals surface area contributed by atoms with Gasteiger partial charge in [-0.05, 0) is 10.8 Å². The molecule has 80 valence electrons. The van der Waals surface area contributed by atoms with Gasteiger partial charge in [-0.25, -0.2) is 0 Å². The van der Waals surface area contributed by atoms with Crippen LogP contribution in [0.15, 0.2) is 0 Å². The van der Waals surface area contributed by atoms with E-state index in [0.717, 1.165) is 0 Å². The second kappa shape index (κ2) is 4.20. The third kappa shape index (κ3) is 4.89. The Morgan fingerprint density at radius 3 is 1.15 bits per heavy atom. The summed E-state index contributed by atoms with van der Waals surface area (Å²) in [7, 11) is 0. The SMILES string of the molecule is CC(C)(C)C(O)SC(O)C(C)(C)C. The molecule has 0 aliphatic carbocycles. The number of hydrogen-bond donors (Lipinski definition) is 2. The molecule has 0 rings (SSSR count). The molecule has 0 amide bonds. The molecule has 0 aromatic carbocycles. The van der Waals surface area contributed by atoms with E-state index in [0.29, 0.717) is 0 Å². The van der Waals surface area contributed by atoms with Crippen LogP contribution in [0.4, 0.5) is 0 Å². The van der Waals surface area contributed by atoms with Crippen molar-refractivity contribution < 1.29 is 10.2 Å². The lowest BCUT2D eigenvalue weighted by atomic mass is 9.98. The minimum absolute atomic E-state index is 0.184. The summed E-state index contributed by atoms with van der Waals surface area (Å²) in [5, 5.41) is 19.4. The Hall–Kier alpha value is 0.270. The van der Waals surface area contributed by atoms with E-state index in [4.69, 9.17) is 0 Å². The first-order valence-electron chi connectivity index (χ1n) is 4.57. The highest BCUT2D eigenvalue weighted by molar-refractivity contribution is 8.00. The first-order chi connectivity index (χ1) is 5.55. The number of aliphatic hydroxyl groups is 2. The molecule has 0 aliphatic heterocycles. The van der Waals surface area contributed by atoms with E-state index in [1.54, 1.807) is 0 Å². The smallest absolute Gasteiger partial charge is 0.107 e. The van der Waals surface area contributed by atoms with E-state index < -0.39 is 10.9 Å². The van der Waals surface area contributed by atoms with Gasteiger partial charge in [-0.2, -0.15) is 0 Å². The summed E-state index contributed by atoms with van der Waals surface area (Å²) >= 11 is 1.22. The average molecular weight is 206 g/mol. The minimum Gasteiger partial charge on any atom is -0.382 e. The molecule has 0 aliphatic rings. The van der Waals surface area contributed by atoms with Crippen molar-refractivity contribution in [2.45, 2.75) is 52.4 Å². The molecule has 0 aromatic heterocycles. The highest BCUT2D eigenvalue weighted by Crippen LogP contribution is 2.36. The van der Waals surface area contributed by atoms with E-state index in [1.807, 2.05) is 41.5 Å². The quantitative estimate of drug-likeness (QED) is 0.682. The fourth-order valence-electron chi connectivity index (χ4n) is 0.530. The topological polar surface area (TPSA) is 40.5 Å². The van der Waals surface area contributed by atoms with Gasteiger partial charge in [-0.1, -0.05) is 53.3 Å². The van der Waals surface area contributed by atoms with Crippen LogP contribution in [0.25, 0.3) is 0 Å². The summed E-state index contributed by atoms with van der Waals surface area (Å²) in [4.78, 5) is 0. The molecule has 2 nitrogen and oxygen atoms in total. The Bertz CT molecular complexity index is 137. The van der Waals surface area contributed by atoms with E-state index in [2.05, 4.69) is 0 Å². The first-order valence-corrected chi connectivity index (χ1v) is 5.51. The maximum atomic E-state index is 9.72.